The highest BCUT2D eigenvalue weighted by atomic mass is 32.1. The number of amides is 1. The number of aromatic nitrogens is 2. The van der Waals surface area contributed by atoms with Crippen LogP contribution in [0.2, 0.25) is 0 Å². The van der Waals surface area contributed by atoms with Crippen molar-refractivity contribution in [2.75, 3.05) is 5.32 Å². The van der Waals surface area contributed by atoms with Crippen LogP contribution in [-0.4, -0.2) is 22.2 Å². The van der Waals surface area contributed by atoms with Crippen molar-refractivity contribution in [3.63, 3.8) is 0 Å². The van der Waals surface area contributed by atoms with Crippen LogP contribution in [0.4, 0.5) is 5.13 Å². The number of rotatable bonds is 6. The number of aryl methyl sites for hydroxylation is 1. The predicted molar refractivity (Wildman–Crippen MR) is 95.9 cm³/mol. The van der Waals surface area contributed by atoms with Crippen molar-refractivity contribution < 1.29 is 9.53 Å². The molecule has 1 fully saturated rings. The molecule has 0 saturated heterocycles. The zero-order chi connectivity index (χ0) is 17.3. The van der Waals surface area contributed by atoms with Crippen LogP contribution in [0.15, 0.2) is 18.2 Å². The van der Waals surface area contributed by atoms with E-state index < -0.39 is 6.10 Å². The molecule has 1 aromatic carbocycles. The molecule has 1 aliphatic carbocycles. The minimum Gasteiger partial charge on any atom is -0.481 e. The van der Waals surface area contributed by atoms with Crippen LogP contribution in [0.25, 0.3) is 0 Å². The van der Waals surface area contributed by atoms with E-state index >= 15 is 0 Å². The van der Waals surface area contributed by atoms with Gasteiger partial charge in [-0.25, -0.2) is 0 Å². The first-order valence-electron chi connectivity index (χ1n) is 8.35. The number of anilines is 1. The monoisotopic (exact) mass is 345 g/mol. The number of ether oxygens (including phenoxy) is 1. The molecule has 2 aromatic rings. The van der Waals surface area contributed by atoms with Crippen molar-refractivity contribution in [1.29, 1.82) is 0 Å². The SMILES string of the molecule is Cc1cc(OC(C)C(=O)Nc2nnc(C3CC3)s2)ccc1C(C)C. The van der Waals surface area contributed by atoms with E-state index in [4.69, 9.17) is 4.74 Å². The summed E-state index contributed by atoms with van der Waals surface area (Å²) in [6.07, 6.45) is 1.75. The summed E-state index contributed by atoms with van der Waals surface area (Å²) in [5.74, 6) is 1.51. The molecule has 0 radical (unpaired) electrons. The molecule has 1 N–H and O–H groups in total. The standard InChI is InChI=1S/C18H23N3O2S/c1-10(2)15-8-7-14(9-11(15)3)23-12(4)16(22)19-18-21-20-17(24-18)13-5-6-13/h7-10,12-13H,5-6H2,1-4H3,(H,19,21,22). The number of nitrogens with one attached hydrogen (secondary N) is 1. The van der Waals surface area contributed by atoms with Gasteiger partial charge in [-0.2, -0.15) is 0 Å². The van der Waals surface area contributed by atoms with E-state index in [1.807, 2.05) is 12.1 Å². The Labute approximate surface area is 146 Å². The van der Waals surface area contributed by atoms with E-state index in [1.54, 1.807) is 6.92 Å². The molecule has 5 nitrogen and oxygen atoms in total. The van der Waals surface area contributed by atoms with Gasteiger partial charge >= 0.3 is 0 Å². The van der Waals surface area contributed by atoms with Crippen LogP contribution in [0, 0.1) is 6.92 Å². The lowest BCUT2D eigenvalue weighted by atomic mass is 9.98. The molecule has 1 aliphatic rings. The fraction of sp³-hybridized carbons (Fsp3) is 0.500. The Morgan fingerprint density at radius 2 is 2.04 bits per heavy atom. The van der Waals surface area contributed by atoms with Crippen LogP contribution in [0.1, 0.15) is 61.6 Å². The molecule has 1 heterocycles. The smallest absolute Gasteiger partial charge is 0.266 e. The van der Waals surface area contributed by atoms with E-state index in [-0.39, 0.29) is 5.91 Å². The summed E-state index contributed by atoms with van der Waals surface area (Å²) in [6.45, 7) is 8.13. The van der Waals surface area contributed by atoms with Crippen LogP contribution in [-0.2, 0) is 4.79 Å². The van der Waals surface area contributed by atoms with Gasteiger partial charge in [-0.3, -0.25) is 10.1 Å². The largest absolute Gasteiger partial charge is 0.481 e. The van der Waals surface area contributed by atoms with Crippen molar-refractivity contribution >= 4 is 22.4 Å². The number of nitrogens with zero attached hydrogens (tertiary/aromatic N) is 2. The minimum atomic E-state index is -0.595. The second-order valence-electron chi connectivity index (χ2n) is 6.64. The molecule has 3 rings (SSSR count). The molecule has 0 spiro atoms. The Hall–Kier alpha value is -1.95. The fourth-order valence-electron chi connectivity index (χ4n) is 2.61. The molecule has 0 aliphatic heterocycles. The van der Waals surface area contributed by atoms with Gasteiger partial charge in [-0.1, -0.05) is 31.3 Å². The third-order valence-corrected chi connectivity index (χ3v) is 5.14. The number of carbonyl (C=O) groups excluding carboxylic acids is 1. The zero-order valence-electron chi connectivity index (χ0n) is 14.5. The topological polar surface area (TPSA) is 64.1 Å². The predicted octanol–water partition coefficient (Wildman–Crippen LogP) is 4.25. The lowest BCUT2D eigenvalue weighted by Gasteiger charge is -2.16. The summed E-state index contributed by atoms with van der Waals surface area (Å²) in [6, 6.07) is 5.96. The molecule has 1 saturated carbocycles. The van der Waals surface area contributed by atoms with Gasteiger partial charge in [0.2, 0.25) is 5.13 Å². The van der Waals surface area contributed by atoms with Gasteiger partial charge in [-0.15, -0.1) is 10.2 Å². The van der Waals surface area contributed by atoms with E-state index in [9.17, 15) is 4.79 Å². The summed E-state index contributed by atoms with van der Waals surface area (Å²) < 4.78 is 5.77. The second kappa shape index (κ2) is 6.89. The first-order chi connectivity index (χ1) is 11.4. The molecule has 24 heavy (non-hydrogen) atoms. The van der Waals surface area contributed by atoms with Crippen LogP contribution >= 0.6 is 11.3 Å². The zero-order valence-corrected chi connectivity index (χ0v) is 15.3. The van der Waals surface area contributed by atoms with Crippen LogP contribution in [0.3, 0.4) is 0 Å². The summed E-state index contributed by atoms with van der Waals surface area (Å²) in [5.41, 5.74) is 2.47. The van der Waals surface area contributed by atoms with Gasteiger partial charge in [0.05, 0.1) is 0 Å². The van der Waals surface area contributed by atoms with Crippen molar-refractivity contribution in [3.8, 4) is 5.75 Å². The lowest BCUT2D eigenvalue weighted by Crippen LogP contribution is -2.30. The van der Waals surface area contributed by atoms with Crippen molar-refractivity contribution in [2.45, 2.75) is 58.5 Å². The highest BCUT2D eigenvalue weighted by Gasteiger charge is 2.28. The maximum atomic E-state index is 12.3. The highest BCUT2D eigenvalue weighted by Crippen LogP contribution is 2.42. The maximum absolute atomic E-state index is 12.3. The first kappa shape index (κ1) is 16.9. The molecule has 1 unspecified atom stereocenters. The Morgan fingerprint density at radius 3 is 2.67 bits per heavy atom. The Balaban J connectivity index is 1.59. The third-order valence-electron chi connectivity index (χ3n) is 4.14. The number of hydrogen-bond acceptors (Lipinski definition) is 5. The van der Waals surface area contributed by atoms with Gasteiger partial charge in [0.1, 0.15) is 10.8 Å². The Morgan fingerprint density at radius 1 is 1.29 bits per heavy atom. The lowest BCUT2D eigenvalue weighted by molar-refractivity contribution is -0.122. The average Bonchev–Trinajstić information content (AvgIpc) is 3.27. The maximum Gasteiger partial charge on any atom is 0.266 e. The molecular weight excluding hydrogens is 322 g/mol. The highest BCUT2D eigenvalue weighted by molar-refractivity contribution is 7.15. The Bertz CT molecular complexity index is 738. The first-order valence-corrected chi connectivity index (χ1v) is 9.17. The molecule has 1 amide bonds. The molecule has 0 bridgehead atoms. The van der Waals surface area contributed by atoms with Gasteiger partial charge in [0.15, 0.2) is 6.10 Å². The van der Waals surface area contributed by atoms with E-state index in [2.05, 4.69) is 42.4 Å². The summed E-state index contributed by atoms with van der Waals surface area (Å²) in [4.78, 5) is 12.3. The van der Waals surface area contributed by atoms with Crippen LogP contribution < -0.4 is 10.1 Å². The van der Waals surface area contributed by atoms with Gasteiger partial charge in [0, 0.05) is 5.92 Å². The number of carbonyl (C=O) groups is 1. The minimum absolute atomic E-state index is 0.209. The molecule has 128 valence electrons. The molecule has 1 atom stereocenters. The summed E-state index contributed by atoms with van der Waals surface area (Å²) >= 11 is 1.45. The quantitative estimate of drug-likeness (QED) is 0.850. The van der Waals surface area contributed by atoms with Crippen molar-refractivity contribution in [3.05, 3.63) is 34.3 Å². The van der Waals surface area contributed by atoms with Gasteiger partial charge in [0.25, 0.3) is 5.91 Å². The molecule has 6 heteroatoms. The van der Waals surface area contributed by atoms with Gasteiger partial charge < -0.3 is 4.74 Å². The normalized spacial score (nSPS) is 15.4. The Kier molecular flexibility index (Phi) is 4.85. The molecular formula is C18H23N3O2S. The van der Waals surface area contributed by atoms with Crippen LogP contribution in [0.5, 0.6) is 5.75 Å². The second-order valence-corrected chi connectivity index (χ2v) is 7.65. The number of benzene rings is 1. The third kappa shape index (κ3) is 3.93. The van der Waals surface area contributed by atoms with Crippen molar-refractivity contribution in [2.24, 2.45) is 0 Å². The fourth-order valence-corrected chi connectivity index (χ4v) is 3.53. The van der Waals surface area contributed by atoms with Crippen molar-refractivity contribution in [1.82, 2.24) is 10.2 Å². The summed E-state index contributed by atoms with van der Waals surface area (Å²) in [7, 11) is 0. The summed E-state index contributed by atoms with van der Waals surface area (Å²) in [5, 5.41) is 12.5. The van der Waals surface area contributed by atoms with E-state index in [1.165, 1.54) is 35.3 Å². The number of hydrogen-bond donors (Lipinski definition) is 1. The van der Waals surface area contributed by atoms with E-state index in [0.717, 1.165) is 5.01 Å². The van der Waals surface area contributed by atoms with E-state index in [0.29, 0.717) is 22.7 Å². The average molecular weight is 345 g/mol. The molecule has 1 aromatic heterocycles. The van der Waals surface area contributed by atoms with Gasteiger partial charge in [-0.05, 0) is 55.9 Å².